The summed E-state index contributed by atoms with van der Waals surface area (Å²) in [7, 11) is -4.75. The highest BCUT2D eigenvalue weighted by atomic mass is 35.5. The Morgan fingerprint density at radius 1 is 1.33 bits per heavy atom. The molecule has 24 heavy (non-hydrogen) atoms. The first-order valence-corrected chi connectivity index (χ1v) is 9.34. The van der Waals surface area contributed by atoms with Crippen LogP contribution in [0.25, 0.3) is 10.8 Å². The van der Waals surface area contributed by atoms with Crippen molar-refractivity contribution < 1.29 is 29.1 Å². The maximum Gasteiger partial charge on any atom is 0.524 e. The lowest BCUT2D eigenvalue weighted by Gasteiger charge is -2.25. The van der Waals surface area contributed by atoms with Gasteiger partial charge in [0.15, 0.2) is 0 Å². The average Bonchev–Trinajstić information content (AvgIpc) is 2.91. The molecule has 0 fully saturated rings. The molecule has 0 saturated heterocycles. The number of benzene rings is 2. The first-order chi connectivity index (χ1) is 11.4. The lowest BCUT2D eigenvalue weighted by atomic mass is 9.95. The normalized spacial score (nSPS) is 18.7. The minimum Gasteiger partial charge on any atom is -0.404 e. The number of hydrogen-bond acceptors (Lipinski definition) is 5. The van der Waals surface area contributed by atoms with Gasteiger partial charge in [0.2, 0.25) is 0 Å². The summed E-state index contributed by atoms with van der Waals surface area (Å²) in [5, 5.41) is 20.6. The Morgan fingerprint density at radius 3 is 2.58 bits per heavy atom. The fourth-order valence-corrected chi connectivity index (χ4v) is 3.81. The summed E-state index contributed by atoms with van der Waals surface area (Å²) in [6.07, 6.45) is -1.14. The lowest BCUT2D eigenvalue weighted by Crippen LogP contribution is -2.37. The van der Waals surface area contributed by atoms with Crippen molar-refractivity contribution in [3.8, 4) is 5.75 Å². The first-order valence-electron chi connectivity index (χ1n) is 7.28. The van der Waals surface area contributed by atoms with Crippen molar-refractivity contribution in [1.82, 2.24) is 0 Å². The number of aliphatic hydroxyl groups excluding tert-OH is 2. The summed E-state index contributed by atoms with van der Waals surface area (Å²) >= 11 is 6.07. The summed E-state index contributed by atoms with van der Waals surface area (Å²) in [5.74, 6) is 0.240. The number of alkyl halides is 1. The van der Waals surface area contributed by atoms with Gasteiger partial charge in [-0.15, -0.1) is 11.6 Å². The predicted octanol–water partition coefficient (Wildman–Crippen LogP) is 1.76. The van der Waals surface area contributed by atoms with Gasteiger partial charge in [0, 0.05) is 35.5 Å². The number of fused-ring (bicyclic) bond motifs is 3. The monoisotopic (exact) mass is 373 g/mol. The first kappa shape index (κ1) is 17.5. The number of phosphoric ester groups is 1. The van der Waals surface area contributed by atoms with E-state index >= 15 is 0 Å². The van der Waals surface area contributed by atoms with Crippen LogP contribution in [0.5, 0.6) is 5.75 Å². The van der Waals surface area contributed by atoms with Gasteiger partial charge < -0.3 is 19.6 Å². The molecule has 2 aromatic rings. The Balaban J connectivity index is 2.26. The lowest BCUT2D eigenvalue weighted by molar-refractivity contribution is 0.0926. The molecule has 3 rings (SSSR count). The largest absolute Gasteiger partial charge is 0.524 e. The number of anilines is 1. The second-order valence-corrected chi connectivity index (χ2v) is 7.07. The SMILES string of the molecule is O=P(O)(O)Oc1cc2c(c3ccccc13)[C@H](CCl)CN2C(O)CO. The molecule has 1 aliphatic heterocycles. The fourth-order valence-electron chi connectivity index (χ4n) is 3.15. The molecular formula is C15H17ClNO6P. The van der Waals surface area contributed by atoms with Crippen molar-refractivity contribution in [2.45, 2.75) is 12.1 Å². The second kappa shape index (κ2) is 6.52. The Kier molecular flexibility index (Phi) is 4.75. The molecule has 1 unspecified atom stereocenters. The van der Waals surface area contributed by atoms with E-state index in [0.29, 0.717) is 23.5 Å². The molecule has 2 aromatic carbocycles. The van der Waals surface area contributed by atoms with E-state index in [1.54, 1.807) is 23.1 Å². The third-order valence-electron chi connectivity index (χ3n) is 4.09. The molecule has 0 aromatic heterocycles. The van der Waals surface area contributed by atoms with Gasteiger partial charge in [0.25, 0.3) is 0 Å². The summed E-state index contributed by atoms with van der Waals surface area (Å²) in [6.45, 7) is -0.0835. The van der Waals surface area contributed by atoms with E-state index < -0.39 is 20.7 Å². The van der Waals surface area contributed by atoms with Gasteiger partial charge in [-0.3, -0.25) is 9.79 Å². The average molecular weight is 374 g/mol. The fraction of sp³-hybridized carbons (Fsp3) is 0.333. The van der Waals surface area contributed by atoms with Crippen LogP contribution in [0.15, 0.2) is 30.3 Å². The van der Waals surface area contributed by atoms with Crippen molar-refractivity contribution >= 4 is 35.9 Å². The van der Waals surface area contributed by atoms with Crippen molar-refractivity contribution in [3.05, 3.63) is 35.9 Å². The topological polar surface area (TPSA) is 110 Å². The molecule has 0 saturated carbocycles. The van der Waals surface area contributed by atoms with Crippen molar-refractivity contribution in [2.24, 2.45) is 0 Å². The molecule has 1 aliphatic rings. The maximum absolute atomic E-state index is 11.3. The Bertz CT molecular complexity index is 810. The smallest absolute Gasteiger partial charge is 0.404 e. The zero-order valence-corrected chi connectivity index (χ0v) is 14.2. The van der Waals surface area contributed by atoms with E-state index in [1.807, 2.05) is 6.07 Å². The number of phosphoric acid groups is 1. The Hall–Kier alpha value is -1.34. The summed E-state index contributed by atoms with van der Waals surface area (Å²) < 4.78 is 16.1. The van der Waals surface area contributed by atoms with Gasteiger partial charge in [-0.1, -0.05) is 24.3 Å². The molecule has 0 spiro atoms. The van der Waals surface area contributed by atoms with Crippen LogP contribution in [0, 0.1) is 0 Å². The number of nitrogens with zero attached hydrogens (tertiary/aromatic N) is 1. The van der Waals surface area contributed by atoms with Crippen molar-refractivity contribution in [1.29, 1.82) is 0 Å². The third-order valence-corrected chi connectivity index (χ3v) is 4.89. The third kappa shape index (κ3) is 3.11. The number of aliphatic hydroxyl groups is 2. The van der Waals surface area contributed by atoms with Crippen LogP contribution < -0.4 is 9.42 Å². The molecule has 4 N–H and O–H groups in total. The van der Waals surface area contributed by atoms with Gasteiger partial charge in [0.1, 0.15) is 12.0 Å². The molecule has 0 bridgehead atoms. The zero-order chi connectivity index (χ0) is 17.5. The van der Waals surface area contributed by atoms with E-state index in [9.17, 15) is 14.8 Å². The van der Waals surface area contributed by atoms with Gasteiger partial charge in [-0.25, -0.2) is 4.57 Å². The molecule has 2 atom stereocenters. The molecule has 0 radical (unpaired) electrons. The number of rotatable bonds is 5. The molecule has 0 amide bonds. The van der Waals surface area contributed by atoms with Gasteiger partial charge in [-0.05, 0) is 10.9 Å². The minimum atomic E-state index is -4.75. The van der Waals surface area contributed by atoms with E-state index in [-0.39, 0.29) is 11.7 Å². The molecule has 1 heterocycles. The maximum atomic E-state index is 11.3. The van der Waals surface area contributed by atoms with E-state index in [1.165, 1.54) is 6.07 Å². The van der Waals surface area contributed by atoms with Crippen LogP contribution in [0.3, 0.4) is 0 Å². The van der Waals surface area contributed by atoms with Crippen LogP contribution in [0.2, 0.25) is 0 Å². The molecule has 9 heteroatoms. The number of halogens is 1. The van der Waals surface area contributed by atoms with Crippen molar-refractivity contribution in [3.63, 3.8) is 0 Å². The summed E-state index contributed by atoms with van der Waals surface area (Å²) in [4.78, 5) is 19.9. The molecular weight excluding hydrogens is 357 g/mol. The number of hydrogen-bond donors (Lipinski definition) is 4. The zero-order valence-electron chi connectivity index (χ0n) is 12.5. The molecule has 7 nitrogen and oxygen atoms in total. The summed E-state index contributed by atoms with van der Waals surface area (Å²) in [6, 6.07) is 8.54. The van der Waals surface area contributed by atoms with E-state index in [0.717, 1.165) is 10.9 Å². The highest BCUT2D eigenvalue weighted by molar-refractivity contribution is 7.46. The van der Waals surface area contributed by atoms with E-state index in [2.05, 4.69) is 0 Å². The van der Waals surface area contributed by atoms with Gasteiger partial charge >= 0.3 is 7.82 Å². The van der Waals surface area contributed by atoms with Gasteiger partial charge in [0.05, 0.1) is 6.61 Å². The highest BCUT2D eigenvalue weighted by Crippen LogP contribution is 2.49. The van der Waals surface area contributed by atoms with Crippen LogP contribution in [0.4, 0.5) is 5.69 Å². The second-order valence-electron chi connectivity index (χ2n) is 5.60. The van der Waals surface area contributed by atoms with Crippen LogP contribution >= 0.6 is 19.4 Å². The van der Waals surface area contributed by atoms with Crippen LogP contribution in [-0.4, -0.2) is 45.3 Å². The van der Waals surface area contributed by atoms with Gasteiger partial charge in [-0.2, -0.15) is 0 Å². The minimum absolute atomic E-state index is 0.0167. The summed E-state index contributed by atoms with van der Waals surface area (Å²) in [5.41, 5.74) is 1.41. The predicted molar refractivity (Wildman–Crippen MR) is 90.5 cm³/mol. The molecule has 130 valence electrons. The van der Waals surface area contributed by atoms with Crippen LogP contribution in [0.1, 0.15) is 11.5 Å². The standard InChI is InChI=1S/C15H17ClNO6P/c16-6-9-7-17(14(19)8-18)12-5-13(23-24(20,21)22)10-3-1-2-4-11(10)15(9)12/h1-5,9,14,18-19H,6-8H2,(H2,20,21,22)/t9-,14?/m1/s1. The highest BCUT2D eigenvalue weighted by Gasteiger charge is 2.34. The quantitative estimate of drug-likeness (QED) is 0.467. The van der Waals surface area contributed by atoms with Crippen LogP contribution in [-0.2, 0) is 4.57 Å². The van der Waals surface area contributed by atoms with Crippen molar-refractivity contribution in [2.75, 3.05) is 23.9 Å². The molecule has 0 aliphatic carbocycles. The van der Waals surface area contributed by atoms with E-state index in [4.69, 9.17) is 25.9 Å². The Morgan fingerprint density at radius 2 is 2.00 bits per heavy atom. The Labute approximate surface area is 143 Å².